The molecule has 1 aliphatic carbocycles. The summed E-state index contributed by atoms with van der Waals surface area (Å²) in [6.45, 7) is 2.25. The van der Waals surface area contributed by atoms with Crippen LogP contribution in [0.15, 0.2) is 18.2 Å². The van der Waals surface area contributed by atoms with Crippen LogP contribution in [0, 0.1) is 5.41 Å². The van der Waals surface area contributed by atoms with E-state index in [0.29, 0.717) is 6.54 Å². The van der Waals surface area contributed by atoms with E-state index in [0.717, 1.165) is 37.5 Å². The van der Waals surface area contributed by atoms with Gasteiger partial charge in [-0.3, -0.25) is 9.59 Å². The highest BCUT2D eigenvalue weighted by Crippen LogP contribution is 2.53. The zero-order valence-corrected chi connectivity index (χ0v) is 22.9. The van der Waals surface area contributed by atoms with Crippen molar-refractivity contribution in [1.29, 1.82) is 0 Å². The van der Waals surface area contributed by atoms with E-state index in [2.05, 4.69) is 5.32 Å². The molecule has 3 atom stereocenters. The predicted molar refractivity (Wildman–Crippen MR) is 137 cm³/mol. The number of aliphatic hydroxyl groups is 1. The molecule has 0 radical (unpaired) electrons. The second-order valence-electron chi connectivity index (χ2n) is 10.6. The molecule has 0 unspecified atom stereocenters. The molecule has 3 aliphatic rings. The van der Waals surface area contributed by atoms with Crippen LogP contribution in [-0.2, 0) is 25.3 Å². The van der Waals surface area contributed by atoms with Crippen molar-refractivity contribution in [2.75, 3.05) is 38.6 Å². The summed E-state index contributed by atoms with van der Waals surface area (Å²) in [5, 5.41) is 12.3. The zero-order chi connectivity index (χ0) is 29.4. The molecule has 10 nitrogen and oxygen atoms in total. The van der Waals surface area contributed by atoms with E-state index >= 15 is 0 Å². The highest BCUT2D eigenvalue weighted by atomic mass is 35.5. The van der Waals surface area contributed by atoms with Crippen molar-refractivity contribution < 1.29 is 42.2 Å². The maximum absolute atomic E-state index is 13.3. The molecule has 14 heteroatoms. The van der Waals surface area contributed by atoms with Gasteiger partial charge in [-0.25, -0.2) is 9.59 Å². The van der Waals surface area contributed by atoms with Crippen LogP contribution >= 0.6 is 11.6 Å². The molecule has 2 saturated heterocycles. The Labute approximate surface area is 234 Å². The summed E-state index contributed by atoms with van der Waals surface area (Å²) in [4.78, 5) is 55.7. The van der Waals surface area contributed by atoms with Crippen molar-refractivity contribution in [3.63, 3.8) is 0 Å². The number of hydrogen-bond acceptors (Lipinski definition) is 6. The van der Waals surface area contributed by atoms with Crippen LogP contribution in [-0.4, -0.2) is 95.1 Å². The van der Waals surface area contributed by atoms with Crippen molar-refractivity contribution in [1.82, 2.24) is 14.7 Å². The minimum Gasteiger partial charge on any atom is -0.467 e. The molecular weight excluding hydrogens is 557 g/mol. The molecule has 2 heterocycles. The molecule has 4 rings (SSSR count). The van der Waals surface area contributed by atoms with Gasteiger partial charge in [-0.15, -0.1) is 0 Å². The lowest BCUT2D eigenvalue weighted by Gasteiger charge is -2.42. The number of anilines is 1. The molecule has 1 aromatic carbocycles. The van der Waals surface area contributed by atoms with E-state index in [9.17, 15) is 37.5 Å². The Kier molecular flexibility index (Phi) is 8.55. The van der Waals surface area contributed by atoms with Gasteiger partial charge in [-0.05, 0) is 56.2 Å². The fourth-order valence-electron chi connectivity index (χ4n) is 5.44. The maximum atomic E-state index is 13.3. The summed E-state index contributed by atoms with van der Waals surface area (Å²) in [6, 6.07) is 0.00691. The number of rotatable bonds is 6. The fourth-order valence-corrected chi connectivity index (χ4v) is 5.73. The van der Waals surface area contributed by atoms with Crippen molar-refractivity contribution in [2.45, 2.75) is 63.4 Å². The number of carbonyl (C=O) groups excluding carboxylic acids is 4. The molecule has 4 amide bonds. The lowest BCUT2D eigenvalue weighted by Crippen LogP contribution is -2.62. The number of aliphatic hydroxyl groups excluding tert-OH is 1. The van der Waals surface area contributed by atoms with Crippen molar-refractivity contribution in [3.8, 4) is 0 Å². The van der Waals surface area contributed by atoms with Crippen LogP contribution in [0.4, 0.5) is 23.7 Å². The first kappa shape index (κ1) is 29.9. The van der Waals surface area contributed by atoms with Crippen LogP contribution in [0.2, 0.25) is 5.02 Å². The Morgan fingerprint density at radius 1 is 1.20 bits per heavy atom. The minimum atomic E-state index is -4.65. The number of hydrogen-bond donors (Lipinski definition) is 2. The SMILES string of the molecule is COC(=O)[C@@H](CCC(=O)N1CCC2(CC2)[C@H](O)C1)N1CCN(C(=O)Nc2ccc(C(F)(F)F)c(Cl)c2)[C@@H](C)C1=O. The molecule has 220 valence electrons. The number of amides is 4. The first-order valence-electron chi connectivity index (χ1n) is 13.1. The van der Waals surface area contributed by atoms with Gasteiger partial charge in [0.25, 0.3) is 0 Å². The largest absolute Gasteiger partial charge is 0.467 e. The second kappa shape index (κ2) is 11.4. The number of piperidine rings is 1. The van der Waals surface area contributed by atoms with E-state index in [1.807, 2.05) is 0 Å². The number of benzene rings is 1. The number of esters is 1. The Balaban J connectivity index is 1.36. The second-order valence-corrected chi connectivity index (χ2v) is 11.0. The summed E-state index contributed by atoms with van der Waals surface area (Å²) in [5.74, 6) is -1.46. The molecule has 2 N–H and O–H groups in total. The first-order chi connectivity index (χ1) is 18.8. The number of carbonyl (C=O) groups is 4. The van der Waals surface area contributed by atoms with E-state index < -0.39 is 52.9 Å². The average molecular weight is 589 g/mol. The smallest absolute Gasteiger partial charge is 0.417 e. The fraction of sp³-hybridized carbons (Fsp3) is 0.615. The number of methoxy groups -OCH3 is 1. The van der Waals surface area contributed by atoms with Crippen molar-refractivity contribution in [2.24, 2.45) is 5.41 Å². The number of urea groups is 1. The summed E-state index contributed by atoms with van der Waals surface area (Å²) in [5.41, 5.74) is -1.08. The number of alkyl halides is 3. The molecule has 1 saturated carbocycles. The normalized spacial score (nSPS) is 23.2. The monoisotopic (exact) mass is 588 g/mol. The first-order valence-corrected chi connectivity index (χ1v) is 13.4. The summed E-state index contributed by atoms with van der Waals surface area (Å²) in [6.07, 6.45) is -2.58. The Morgan fingerprint density at radius 2 is 1.90 bits per heavy atom. The molecule has 0 bridgehead atoms. The van der Waals surface area contributed by atoms with Gasteiger partial charge in [0, 0.05) is 38.3 Å². The van der Waals surface area contributed by atoms with E-state index in [1.54, 1.807) is 4.90 Å². The van der Waals surface area contributed by atoms with E-state index in [4.69, 9.17) is 16.3 Å². The minimum absolute atomic E-state index is 0.0119. The summed E-state index contributed by atoms with van der Waals surface area (Å²) < 4.78 is 43.8. The average Bonchev–Trinajstić information content (AvgIpc) is 3.67. The molecule has 40 heavy (non-hydrogen) atoms. The number of nitrogens with one attached hydrogen (secondary N) is 1. The molecule has 1 spiro atoms. The third-order valence-electron chi connectivity index (χ3n) is 8.18. The number of nitrogens with zero attached hydrogens (tertiary/aromatic N) is 3. The Morgan fingerprint density at radius 3 is 2.48 bits per heavy atom. The molecule has 3 fully saturated rings. The molecule has 0 aromatic heterocycles. The topological polar surface area (TPSA) is 119 Å². The van der Waals surface area contributed by atoms with Crippen LogP contribution < -0.4 is 5.32 Å². The van der Waals surface area contributed by atoms with Gasteiger partial charge in [0.2, 0.25) is 11.8 Å². The van der Waals surface area contributed by atoms with Crippen LogP contribution in [0.25, 0.3) is 0 Å². The number of likely N-dealkylation sites (tertiary alicyclic amines) is 1. The summed E-state index contributed by atoms with van der Waals surface area (Å²) >= 11 is 5.73. The Hall–Kier alpha value is -3.06. The van der Waals surface area contributed by atoms with Gasteiger partial charge in [0.1, 0.15) is 12.1 Å². The number of halogens is 4. The molecular formula is C26H32ClF3N4O6. The van der Waals surface area contributed by atoms with Gasteiger partial charge < -0.3 is 29.9 Å². The lowest BCUT2D eigenvalue weighted by atomic mass is 9.90. The Bertz CT molecular complexity index is 1180. The van der Waals surface area contributed by atoms with Crippen molar-refractivity contribution in [3.05, 3.63) is 28.8 Å². The number of β-amino-alcohol motifs (C(OH)–C–C–N with tert-alkyl or cyclic N) is 1. The van der Waals surface area contributed by atoms with Crippen LogP contribution in [0.1, 0.15) is 44.6 Å². The van der Waals surface area contributed by atoms with Gasteiger partial charge in [-0.2, -0.15) is 13.2 Å². The lowest BCUT2D eigenvalue weighted by molar-refractivity contribution is -0.157. The van der Waals surface area contributed by atoms with Crippen molar-refractivity contribution >= 4 is 41.1 Å². The molecule has 1 aromatic rings. The third-order valence-corrected chi connectivity index (χ3v) is 8.49. The summed E-state index contributed by atoms with van der Waals surface area (Å²) in [7, 11) is 1.18. The van der Waals surface area contributed by atoms with Crippen LogP contribution in [0.5, 0.6) is 0 Å². The van der Waals surface area contributed by atoms with E-state index in [1.165, 1.54) is 23.8 Å². The standard InChI is InChI=1S/C26H32ClF3N4O6/c1-15-22(37)34(12-11-33(15)24(39)31-16-3-4-17(18(27)13-16)26(28,29)30)19(23(38)40-2)5-6-21(36)32-10-9-25(7-8-25)20(35)14-32/h3-4,13,15,19-20,35H,5-12,14H2,1-2H3,(H,31,39)/t15-,19+,20+/m0/s1. The highest BCUT2D eigenvalue weighted by Gasteiger charge is 2.52. The molecule has 2 aliphatic heterocycles. The van der Waals surface area contributed by atoms with Gasteiger partial charge >= 0.3 is 18.2 Å². The predicted octanol–water partition coefficient (Wildman–Crippen LogP) is 3.12. The third kappa shape index (κ3) is 6.14. The zero-order valence-electron chi connectivity index (χ0n) is 22.2. The number of piperazine rings is 1. The van der Waals surface area contributed by atoms with Gasteiger partial charge in [0.05, 0.1) is 23.8 Å². The van der Waals surface area contributed by atoms with Gasteiger partial charge in [0.15, 0.2) is 0 Å². The van der Waals surface area contributed by atoms with Gasteiger partial charge in [-0.1, -0.05) is 11.6 Å². The number of ether oxygens (including phenoxy) is 1. The highest BCUT2D eigenvalue weighted by molar-refractivity contribution is 6.31. The van der Waals surface area contributed by atoms with Crippen LogP contribution in [0.3, 0.4) is 0 Å². The van der Waals surface area contributed by atoms with E-state index in [-0.39, 0.29) is 49.5 Å². The quantitative estimate of drug-likeness (QED) is 0.493. The maximum Gasteiger partial charge on any atom is 0.417 e.